The summed E-state index contributed by atoms with van der Waals surface area (Å²) in [5, 5.41) is 3.48. The minimum absolute atomic E-state index is 0.761. The van der Waals surface area contributed by atoms with Gasteiger partial charge in [0.1, 0.15) is 0 Å². The molecule has 2 heteroatoms. The maximum absolute atomic E-state index is 5.37. The number of hydrogen-bond donors (Lipinski definition) is 1. The second-order valence-corrected chi connectivity index (χ2v) is 4.31. The minimum Gasteiger partial charge on any atom is -0.381 e. The molecule has 0 atom stereocenters. The maximum Gasteiger partial charge on any atom is 0.0471 e. The Morgan fingerprint density at radius 2 is 2.07 bits per heavy atom. The Morgan fingerprint density at radius 1 is 1.33 bits per heavy atom. The molecule has 0 aliphatic carbocycles. The zero-order valence-corrected chi connectivity index (χ0v) is 10.2. The largest absolute Gasteiger partial charge is 0.381 e. The summed E-state index contributed by atoms with van der Waals surface area (Å²) < 4.78 is 5.37. The first-order valence-corrected chi connectivity index (χ1v) is 6.34. The summed E-state index contributed by atoms with van der Waals surface area (Å²) in [5.74, 6) is 0.761. The number of hydrogen-bond acceptors (Lipinski definition) is 2. The summed E-state index contributed by atoms with van der Waals surface area (Å²) >= 11 is 0. The third kappa shape index (κ3) is 5.33. The van der Waals surface area contributed by atoms with Gasteiger partial charge in [-0.05, 0) is 38.1 Å². The molecule has 1 heterocycles. The average molecular weight is 211 g/mol. The Kier molecular flexibility index (Phi) is 6.69. The van der Waals surface area contributed by atoms with E-state index in [0.717, 1.165) is 32.2 Å². The SMILES string of the molecule is CCCNCC(=CC1CCOCC1)CC. The topological polar surface area (TPSA) is 21.3 Å². The van der Waals surface area contributed by atoms with Gasteiger partial charge in [-0.1, -0.05) is 25.5 Å². The van der Waals surface area contributed by atoms with Gasteiger partial charge in [0.25, 0.3) is 0 Å². The van der Waals surface area contributed by atoms with Gasteiger partial charge in [0, 0.05) is 19.8 Å². The van der Waals surface area contributed by atoms with Crippen LogP contribution in [-0.2, 0) is 4.74 Å². The van der Waals surface area contributed by atoms with Crippen molar-refractivity contribution in [2.75, 3.05) is 26.3 Å². The van der Waals surface area contributed by atoms with Gasteiger partial charge in [-0.2, -0.15) is 0 Å². The van der Waals surface area contributed by atoms with Gasteiger partial charge in [-0.25, -0.2) is 0 Å². The molecule has 1 aliphatic rings. The molecule has 0 aromatic rings. The van der Waals surface area contributed by atoms with E-state index in [0.29, 0.717) is 0 Å². The normalized spacial score (nSPS) is 19.5. The van der Waals surface area contributed by atoms with Crippen molar-refractivity contribution in [3.05, 3.63) is 11.6 Å². The van der Waals surface area contributed by atoms with Crippen LogP contribution in [0, 0.1) is 5.92 Å². The quantitative estimate of drug-likeness (QED) is 0.539. The molecule has 2 nitrogen and oxygen atoms in total. The van der Waals surface area contributed by atoms with Gasteiger partial charge < -0.3 is 10.1 Å². The van der Waals surface area contributed by atoms with E-state index in [1.54, 1.807) is 5.57 Å². The van der Waals surface area contributed by atoms with Crippen LogP contribution in [0.2, 0.25) is 0 Å². The smallest absolute Gasteiger partial charge is 0.0471 e. The van der Waals surface area contributed by atoms with Crippen molar-refractivity contribution >= 4 is 0 Å². The van der Waals surface area contributed by atoms with Gasteiger partial charge in [0.05, 0.1) is 0 Å². The summed E-state index contributed by atoms with van der Waals surface area (Å²) in [6.45, 7) is 8.55. The second kappa shape index (κ2) is 7.89. The molecule has 0 unspecified atom stereocenters. The van der Waals surface area contributed by atoms with Crippen molar-refractivity contribution in [2.24, 2.45) is 5.92 Å². The zero-order valence-electron chi connectivity index (χ0n) is 10.2. The summed E-state index contributed by atoms with van der Waals surface area (Å²) in [7, 11) is 0. The van der Waals surface area contributed by atoms with Crippen LogP contribution in [-0.4, -0.2) is 26.3 Å². The highest BCUT2D eigenvalue weighted by molar-refractivity contribution is 5.06. The molecule has 0 spiro atoms. The van der Waals surface area contributed by atoms with E-state index in [1.807, 2.05) is 0 Å². The van der Waals surface area contributed by atoms with Crippen LogP contribution in [0.5, 0.6) is 0 Å². The molecule has 0 aromatic heterocycles. The predicted molar refractivity (Wildman–Crippen MR) is 65.1 cm³/mol. The third-order valence-corrected chi connectivity index (χ3v) is 2.97. The van der Waals surface area contributed by atoms with E-state index in [1.165, 1.54) is 25.7 Å². The fraction of sp³-hybridized carbons (Fsp3) is 0.846. The van der Waals surface area contributed by atoms with E-state index in [-0.39, 0.29) is 0 Å². The summed E-state index contributed by atoms with van der Waals surface area (Å²) in [6, 6.07) is 0. The Labute approximate surface area is 94.1 Å². The molecular weight excluding hydrogens is 186 g/mol. The lowest BCUT2D eigenvalue weighted by atomic mass is 9.96. The van der Waals surface area contributed by atoms with E-state index in [4.69, 9.17) is 4.74 Å². The van der Waals surface area contributed by atoms with Crippen LogP contribution < -0.4 is 5.32 Å². The molecule has 1 N–H and O–H groups in total. The van der Waals surface area contributed by atoms with Gasteiger partial charge in [0.2, 0.25) is 0 Å². The molecule has 0 radical (unpaired) electrons. The molecule has 0 saturated carbocycles. The highest BCUT2D eigenvalue weighted by Gasteiger charge is 2.11. The molecule has 1 saturated heterocycles. The Bertz CT molecular complexity index is 183. The average Bonchev–Trinajstić information content (AvgIpc) is 2.29. The maximum atomic E-state index is 5.37. The molecule has 1 fully saturated rings. The minimum atomic E-state index is 0.761. The lowest BCUT2D eigenvalue weighted by Gasteiger charge is -2.20. The first-order valence-electron chi connectivity index (χ1n) is 6.34. The van der Waals surface area contributed by atoms with Crippen molar-refractivity contribution in [1.82, 2.24) is 5.32 Å². The van der Waals surface area contributed by atoms with Gasteiger partial charge in [-0.15, -0.1) is 0 Å². The fourth-order valence-electron chi connectivity index (χ4n) is 1.94. The summed E-state index contributed by atoms with van der Waals surface area (Å²) in [5.41, 5.74) is 1.57. The van der Waals surface area contributed by atoms with Gasteiger partial charge in [0.15, 0.2) is 0 Å². The van der Waals surface area contributed by atoms with E-state index < -0.39 is 0 Å². The van der Waals surface area contributed by atoms with Crippen LogP contribution >= 0.6 is 0 Å². The van der Waals surface area contributed by atoms with Crippen molar-refractivity contribution < 1.29 is 4.74 Å². The molecule has 0 bridgehead atoms. The van der Waals surface area contributed by atoms with Crippen LogP contribution in [0.25, 0.3) is 0 Å². The Hall–Kier alpha value is -0.340. The van der Waals surface area contributed by atoms with Crippen molar-refractivity contribution in [3.63, 3.8) is 0 Å². The summed E-state index contributed by atoms with van der Waals surface area (Å²) in [6.07, 6.45) is 7.28. The van der Waals surface area contributed by atoms with Crippen LogP contribution in [0.3, 0.4) is 0 Å². The standard InChI is InChI=1S/C13H25NO/c1-3-7-14-11-12(4-2)10-13-5-8-15-9-6-13/h10,13-14H,3-9,11H2,1-2H3. The second-order valence-electron chi connectivity index (χ2n) is 4.31. The van der Waals surface area contributed by atoms with Crippen LogP contribution in [0.15, 0.2) is 11.6 Å². The molecule has 15 heavy (non-hydrogen) atoms. The summed E-state index contributed by atoms with van der Waals surface area (Å²) in [4.78, 5) is 0. The highest BCUT2D eigenvalue weighted by Crippen LogP contribution is 2.18. The van der Waals surface area contributed by atoms with E-state index >= 15 is 0 Å². The lowest BCUT2D eigenvalue weighted by molar-refractivity contribution is 0.0783. The third-order valence-electron chi connectivity index (χ3n) is 2.97. The molecule has 1 rings (SSSR count). The number of rotatable bonds is 6. The molecule has 88 valence electrons. The highest BCUT2D eigenvalue weighted by atomic mass is 16.5. The van der Waals surface area contributed by atoms with E-state index in [9.17, 15) is 0 Å². The van der Waals surface area contributed by atoms with Crippen molar-refractivity contribution in [1.29, 1.82) is 0 Å². The predicted octanol–water partition coefficient (Wildman–Crippen LogP) is 2.75. The Balaban J connectivity index is 2.30. The molecule has 1 aliphatic heterocycles. The molecular formula is C13H25NO. The van der Waals surface area contributed by atoms with Gasteiger partial charge in [-0.3, -0.25) is 0 Å². The monoisotopic (exact) mass is 211 g/mol. The fourth-order valence-corrected chi connectivity index (χ4v) is 1.94. The first kappa shape index (κ1) is 12.7. The van der Waals surface area contributed by atoms with Crippen molar-refractivity contribution in [3.8, 4) is 0 Å². The number of allylic oxidation sites excluding steroid dienone is 1. The molecule has 0 amide bonds. The zero-order chi connectivity index (χ0) is 10.9. The number of ether oxygens (including phenoxy) is 1. The van der Waals surface area contributed by atoms with Crippen LogP contribution in [0.4, 0.5) is 0 Å². The Morgan fingerprint density at radius 3 is 2.67 bits per heavy atom. The first-order chi connectivity index (χ1) is 7.36. The number of nitrogens with one attached hydrogen (secondary N) is 1. The lowest BCUT2D eigenvalue weighted by Crippen LogP contribution is -2.19. The molecule has 0 aromatic carbocycles. The van der Waals surface area contributed by atoms with Crippen LogP contribution in [0.1, 0.15) is 39.5 Å². The van der Waals surface area contributed by atoms with E-state index in [2.05, 4.69) is 25.2 Å². The van der Waals surface area contributed by atoms with Gasteiger partial charge >= 0.3 is 0 Å². The van der Waals surface area contributed by atoms with Crippen molar-refractivity contribution in [2.45, 2.75) is 39.5 Å².